The summed E-state index contributed by atoms with van der Waals surface area (Å²) in [6, 6.07) is 16.3. The molecule has 1 aliphatic rings. The van der Waals surface area contributed by atoms with E-state index in [1.54, 1.807) is 6.92 Å². The second-order valence-electron chi connectivity index (χ2n) is 6.56. The van der Waals surface area contributed by atoms with E-state index in [1.807, 2.05) is 24.3 Å². The normalized spacial score (nSPS) is 25.5. The standard InChI is InChI=1S/C19H22ClNO2/c1-19(23)10-11-21(13-18(19)22)12-14-2-4-15(5-3-14)16-6-8-17(20)9-7-16/h2-9,18,22-23H,10-13H2,1H3/t18-,19-/m1/s1. The number of hydrogen-bond acceptors (Lipinski definition) is 3. The number of likely N-dealkylation sites (tertiary alicyclic amines) is 1. The lowest BCUT2D eigenvalue weighted by atomic mass is 9.90. The molecule has 4 heteroatoms. The first-order valence-corrected chi connectivity index (χ1v) is 8.29. The molecular weight excluding hydrogens is 310 g/mol. The van der Waals surface area contributed by atoms with Crippen molar-refractivity contribution < 1.29 is 10.2 Å². The quantitative estimate of drug-likeness (QED) is 0.906. The molecule has 2 N–H and O–H groups in total. The van der Waals surface area contributed by atoms with Crippen LogP contribution in [-0.4, -0.2) is 39.9 Å². The molecule has 1 saturated heterocycles. The van der Waals surface area contributed by atoms with Gasteiger partial charge in [0.1, 0.15) is 0 Å². The van der Waals surface area contributed by atoms with Crippen molar-refractivity contribution in [3.63, 3.8) is 0 Å². The number of β-amino-alcohol motifs (C(OH)–C–C–N with tert-alkyl or cyclic N) is 1. The van der Waals surface area contributed by atoms with Crippen LogP contribution in [0, 0.1) is 0 Å². The first kappa shape index (κ1) is 16.5. The Bertz CT molecular complexity index is 652. The Kier molecular flexibility index (Phi) is 4.74. The number of aliphatic hydroxyl groups is 2. The number of benzene rings is 2. The Labute approximate surface area is 142 Å². The van der Waals surface area contributed by atoms with Crippen molar-refractivity contribution in [1.29, 1.82) is 0 Å². The van der Waals surface area contributed by atoms with Gasteiger partial charge in [0.2, 0.25) is 0 Å². The van der Waals surface area contributed by atoms with Gasteiger partial charge in [-0.1, -0.05) is 48.0 Å². The minimum atomic E-state index is -0.963. The van der Waals surface area contributed by atoms with Crippen LogP contribution in [-0.2, 0) is 6.54 Å². The summed E-state index contributed by atoms with van der Waals surface area (Å²) in [4.78, 5) is 2.18. The summed E-state index contributed by atoms with van der Waals surface area (Å²) in [5.74, 6) is 0. The van der Waals surface area contributed by atoms with Crippen molar-refractivity contribution in [2.75, 3.05) is 13.1 Å². The average Bonchev–Trinajstić information content (AvgIpc) is 2.53. The number of aliphatic hydroxyl groups excluding tert-OH is 1. The van der Waals surface area contributed by atoms with Crippen molar-refractivity contribution in [2.24, 2.45) is 0 Å². The number of nitrogens with zero attached hydrogens (tertiary/aromatic N) is 1. The van der Waals surface area contributed by atoms with Gasteiger partial charge in [0.15, 0.2) is 0 Å². The topological polar surface area (TPSA) is 43.7 Å². The lowest BCUT2D eigenvalue weighted by Crippen LogP contribution is -2.53. The molecule has 122 valence electrons. The van der Waals surface area contributed by atoms with E-state index in [9.17, 15) is 10.2 Å². The Morgan fingerprint density at radius 2 is 1.65 bits per heavy atom. The molecule has 0 aromatic heterocycles. The molecule has 0 amide bonds. The molecule has 2 aromatic carbocycles. The molecule has 0 bridgehead atoms. The van der Waals surface area contributed by atoms with Crippen LogP contribution < -0.4 is 0 Å². The highest BCUT2D eigenvalue weighted by atomic mass is 35.5. The minimum absolute atomic E-state index is 0.506. The highest BCUT2D eigenvalue weighted by Gasteiger charge is 2.36. The second kappa shape index (κ2) is 6.62. The molecule has 23 heavy (non-hydrogen) atoms. The molecule has 0 unspecified atom stereocenters. The fourth-order valence-corrected chi connectivity index (χ4v) is 3.06. The average molecular weight is 332 g/mol. The van der Waals surface area contributed by atoms with Gasteiger partial charge in [-0.15, -0.1) is 0 Å². The van der Waals surface area contributed by atoms with Crippen LogP contribution in [0.25, 0.3) is 11.1 Å². The SMILES string of the molecule is C[C@@]1(O)CCN(Cc2ccc(-c3ccc(Cl)cc3)cc2)C[C@H]1O. The first-order valence-electron chi connectivity index (χ1n) is 7.92. The molecular formula is C19H22ClNO2. The van der Waals surface area contributed by atoms with Crippen LogP contribution in [0.3, 0.4) is 0 Å². The molecule has 1 heterocycles. The van der Waals surface area contributed by atoms with E-state index < -0.39 is 11.7 Å². The van der Waals surface area contributed by atoms with E-state index in [1.165, 1.54) is 5.56 Å². The lowest BCUT2D eigenvalue weighted by Gasteiger charge is -2.39. The van der Waals surface area contributed by atoms with Crippen molar-refractivity contribution in [1.82, 2.24) is 4.90 Å². The van der Waals surface area contributed by atoms with Gasteiger partial charge in [0.05, 0.1) is 11.7 Å². The Morgan fingerprint density at radius 3 is 2.22 bits per heavy atom. The summed E-state index contributed by atoms with van der Waals surface area (Å²) in [6.45, 7) is 3.79. The van der Waals surface area contributed by atoms with E-state index in [2.05, 4.69) is 29.2 Å². The molecule has 2 aromatic rings. The highest BCUT2D eigenvalue weighted by Crippen LogP contribution is 2.25. The number of rotatable bonds is 3. The fourth-order valence-electron chi connectivity index (χ4n) is 2.93. The Morgan fingerprint density at radius 1 is 1.09 bits per heavy atom. The minimum Gasteiger partial charge on any atom is -0.389 e. The zero-order chi connectivity index (χ0) is 16.4. The van der Waals surface area contributed by atoms with Crippen LogP contribution in [0.1, 0.15) is 18.9 Å². The van der Waals surface area contributed by atoms with Gasteiger partial charge < -0.3 is 10.2 Å². The Hall–Kier alpha value is -1.39. The maximum Gasteiger partial charge on any atom is 0.0951 e. The molecule has 0 radical (unpaired) electrons. The maximum atomic E-state index is 10.0. The predicted octanol–water partition coefficient (Wildman–Crippen LogP) is 3.32. The van der Waals surface area contributed by atoms with Gasteiger partial charge >= 0.3 is 0 Å². The van der Waals surface area contributed by atoms with Crippen LogP contribution in [0.5, 0.6) is 0 Å². The third-order valence-electron chi connectivity index (χ3n) is 4.62. The number of halogens is 1. The monoisotopic (exact) mass is 331 g/mol. The molecule has 2 atom stereocenters. The fraction of sp³-hybridized carbons (Fsp3) is 0.368. The van der Waals surface area contributed by atoms with Gasteiger partial charge in [-0.3, -0.25) is 4.90 Å². The largest absolute Gasteiger partial charge is 0.389 e. The van der Waals surface area contributed by atoms with E-state index in [0.29, 0.717) is 13.0 Å². The second-order valence-corrected chi connectivity index (χ2v) is 7.00. The summed E-state index contributed by atoms with van der Waals surface area (Å²) in [5.41, 5.74) is 2.54. The van der Waals surface area contributed by atoms with Gasteiger partial charge in [-0.25, -0.2) is 0 Å². The van der Waals surface area contributed by atoms with Crippen molar-refractivity contribution in [3.05, 3.63) is 59.1 Å². The molecule has 0 saturated carbocycles. The smallest absolute Gasteiger partial charge is 0.0951 e. The third-order valence-corrected chi connectivity index (χ3v) is 4.87. The summed E-state index contributed by atoms with van der Waals surface area (Å²) in [7, 11) is 0. The summed E-state index contributed by atoms with van der Waals surface area (Å²) < 4.78 is 0. The van der Waals surface area contributed by atoms with E-state index in [4.69, 9.17) is 11.6 Å². The van der Waals surface area contributed by atoms with Crippen LogP contribution in [0.15, 0.2) is 48.5 Å². The maximum absolute atomic E-state index is 10.0. The predicted molar refractivity (Wildman–Crippen MR) is 93.4 cm³/mol. The van der Waals surface area contributed by atoms with E-state index >= 15 is 0 Å². The van der Waals surface area contributed by atoms with E-state index in [0.717, 1.165) is 29.2 Å². The zero-order valence-corrected chi connectivity index (χ0v) is 14.0. The van der Waals surface area contributed by atoms with Gasteiger partial charge in [-0.05, 0) is 42.2 Å². The summed E-state index contributed by atoms with van der Waals surface area (Å²) >= 11 is 5.92. The summed E-state index contributed by atoms with van der Waals surface area (Å²) in [5, 5.41) is 20.8. The third kappa shape index (κ3) is 3.93. The van der Waals surface area contributed by atoms with Crippen molar-refractivity contribution in [2.45, 2.75) is 31.6 Å². The van der Waals surface area contributed by atoms with Crippen molar-refractivity contribution in [3.8, 4) is 11.1 Å². The van der Waals surface area contributed by atoms with E-state index in [-0.39, 0.29) is 0 Å². The first-order chi connectivity index (χ1) is 10.9. The molecule has 3 nitrogen and oxygen atoms in total. The van der Waals surface area contributed by atoms with Gasteiger partial charge in [0, 0.05) is 24.7 Å². The molecule has 1 fully saturated rings. The Balaban J connectivity index is 1.65. The summed E-state index contributed by atoms with van der Waals surface area (Å²) in [6.07, 6.45) is -0.0959. The zero-order valence-electron chi connectivity index (χ0n) is 13.2. The lowest BCUT2D eigenvalue weighted by molar-refractivity contribution is -0.108. The van der Waals surface area contributed by atoms with Crippen LogP contribution >= 0.6 is 11.6 Å². The van der Waals surface area contributed by atoms with Crippen molar-refractivity contribution >= 4 is 11.6 Å². The van der Waals surface area contributed by atoms with Crippen LogP contribution in [0.4, 0.5) is 0 Å². The molecule has 0 aliphatic carbocycles. The number of hydrogen-bond donors (Lipinski definition) is 2. The van der Waals surface area contributed by atoms with Crippen LogP contribution in [0.2, 0.25) is 5.02 Å². The van der Waals surface area contributed by atoms with Gasteiger partial charge in [-0.2, -0.15) is 0 Å². The highest BCUT2D eigenvalue weighted by molar-refractivity contribution is 6.30. The molecule has 1 aliphatic heterocycles. The van der Waals surface area contributed by atoms with Gasteiger partial charge in [0.25, 0.3) is 0 Å². The number of piperidine rings is 1. The molecule has 3 rings (SSSR count). The molecule has 0 spiro atoms.